The number of benzene rings is 1. The maximum absolute atomic E-state index is 11.9. The maximum Gasteiger partial charge on any atom is 0.216 e. The van der Waals surface area contributed by atoms with Crippen molar-refractivity contribution in [2.75, 3.05) is 18.4 Å². The Morgan fingerprint density at radius 3 is 2.15 bits per heavy atom. The predicted molar refractivity (Wildman–Crippen MR) is 111 cm³/mol. The van der Waals surface area contributed by atoms with E-state index in [0.717, 1.165) is 31.7 Å². The first-order valence-corrected chi connectivity index (χ1v) is 11.6. The smallest absolute Gasteiger partial charge is 0.216 e. The summed E-state index contributed by atoms with van der Waals surface area (Å²) < 4.78 is 25.8. The number of anilines is 1. The van der Waals surface area contributed by atoms with Crippen molar-refractivity contribution >= 4 is 15.7 Å². The van der Waals surface area contributed by atoms with E-state index in [9.17, 15) is 8.42 Å². The third-order valence-electron chi connectivity index (χ3n) is 5.27. The lowest BCUT2D eigenvalue weighted by atomic mass is 9.84. The van der Waals surface area contributed by atoms with E-state index in [2.05, 4.69) is 34.3 Å². The van der Waals surface area contributed by atoms with Gasteiger partial charge >= 0.3 is 0 Å². The van der Waals surface area contributed by atoms with Crippen LogP contribution in [0.3, 0.4) is 0 Å². The molecule has 1 aliphatic rings. The molecule has 0 aliphatic heterocycles. The SMILES string of the molecule is CC(C)(C)S(=O)(=O)NCCCCCNc1ccc(C2CCCCC2)cc1. The fourth-order valence-corrected chi connectivity index (χ4v) is 4.24. The third kappa shape index (κ3) is 6.58. The first-order valence-electron chi connectivity index (χ1n) is 10.1. The number of rotatable bonds is 9. The van der Waals surface area contributed by atoms with Gasteiger partial charge in [0.25, 0.3) is 0 Å². The molecular formula is C21H36N2O2S. The highest BCUT2D eigenvalue weighted by Gasteiger charge is 2.27. The van der Waals surface area contributed by atoms with Gasteiger partial charge in [-0.15, -0.1) is 0 Å². The third-order valence-corrected chi connectivity index (χ3v) is 7.46. The molecule has 1 aromatic rings. The van der Waals surface area contributed by atoms with Gasteiger partial charge in [-0.25, -0.2) is 13.1 Å². The van der Waals surface area contributed by atoms with Gasteiger partial charge in [0.1, 0.15) is 0 Å². The molecule has 1 aliphatic carbocycles. The minimum absolute atomic E-state index is 0.524. The van der Waals surface area contributed by atoms with Gasteiger partial charge in [0.05, 0.1) is 4.75 Å². The zero-order chi connectivity index (χ0) is 19.0. The number of hydrogen-bond acceptors (Lipinski definition) is 3. The predicted octanol–water partition coefficient (Wildman–Crippen LogP) is 5.03. The monoisotopic (exact) mass is 380 g/mol. The van der Waals surface area contributed by atoms with Crippen LogP contribution in [0.5, 0.6) is 0 Å². The quantitative estimate of drug-likeness (QED) is 0.590. The van der Waals surface area contributed by atoms with Crippen LogP contribution in [-0.4, -0.2) is 26.3 Å². The lowest BCUT2D eigenvalue weighted by Gasteiger charge is -2.22. The second kappa shape index (κ2) is 9.75. The summed E-state index contributed by atoms with van der Waals surface area (Å²) in [5.41, 5.74) is 2.67. The molecule has 26 heavy (non-hydrogen) atoms. The molecule has 0 saturated heterocycles. The lowest BCUT2D eigenvalue weighted by Crippen LogP contribution is -2.39. The zero-order valence-electron chi connectivity index (χ0n) is 16.7. The molecule has 148 valence electrons. The molecule has 0 unspecified atom stereocenters. The second-order valence-electron chi connectivity index (χ2n) is 8.45. The fraction of sp³-hybridized carbons (Fsp3) is 0.714. The number of hydrogen-bond donors (Lipinski definition) is 2. The van der Waals surface area contributed by atoms with Gasteiger partial charge in [-0.2, -0.15) is 0 Å². The first-order chi connectivity index (χ1) is 12.3. The van der Waals surface area contributed by atoms with Crippen LogP contribution in [0.15, 0.2) is 24.3 Å². The Balaban J connectivity index is 1.60. The molecular weight excluding hydrogens is 344 g/mol. The summed E-state index contributed by atoms with van der Waals surface area (Å²) in [7, 11) is -3.21. The summed E-state index contributed by atoms with van der Waals surface area (Å²) in [6, 6.07) is 8.95. The van der Waals surface area contributed by atoms with Gasteiger partial charge in [0.2, 0.25) is 10.0 Å². The second-order valence-corrected chi connectivity index (χ2v) is 11.0. The summed E-state index contributed by atoms with van der Waals surface area (Å²) in [5.74, 6) is 0.759. The maximum atomic E-state index is 11.9. The first kappa shape index (κ1) is 21.2. The van der Waals surface area contributed by atoms with Crippen LogP contribution in [0.25, 0.3) is 0 Å². The Labute approximate surface area is 160 Å². The van der Waals surface area contributed by atoms with Gasteiger partial charge in [0, 0.05) is 18.8 Å². The summed E-state index contributed by atoms with van der Waals surface area (Å²) in [4.78, 5) is 0. The van der Waals surface area contributed by atoms with Gasteiger partial charge in [-0.1, -0.05) is 37.8 Å². The van der Waals surface area contributed by atoms with Gasteiger partial charge in [-0.05, 0) is 70.1 Å². The number of nitrogens with one attached hydrogen (secondary N) is 2. The molecule has 1 fully saturated rings. The minimum Gasteiger partial charge on any atom is -0.385 e. The molecule has 5 heteroatoms. The molecule has 4 nitrogen and oxygen atoms in total. The van der Waals surface area contributed by atoms with E-state index in [-0.39, 0.29) is 0 Å². The van der Waals surface area contributed by atoms with Gasteiger partial charge in [0.15, 0.2) is 0 Å². The molecule has 0 radical (unpaired) electrons. The van der Waals surface area contributed by atoms with Crippen LogP contribution in [0.4, 0.5) is 5.69 Å². The largest absolute Gasteiger partial charge is 0.385 e. The van der Waals surface area contributed by atoms with Crippen molar-refractivity contribution in [1.29, 1.82) is 0 Å². The molecule has 1 aromatic carbocycles. The van der Waals surface area contributed by atoms with E-state index < -0.39 is 14.8 Å². The molecule has 0 atom stereocenters. The molecule has 0 spiro atoms. The van der Waals surface area contributed by atoms with Gasteiger partial charge < -0.3 is 5.32 Å². The molecule has 2 N–H and O–H groups in total. The summed E-state index contributed by atoms with van der Waals surface area (Å²) in [5, 5.41) is 3.47. The van der Waals surface area contributed by atoms with E-state index in [1.807, 2.05) is 0 Å². The van der Waals surface area contributed by atoms with Gasteiger partial charge in [-0.3, -0.25) is 0 Å². The average Bonchev–Trinajstić information content (AvgIpc) is 2.61. The minimum atomic E-state index is -3.21. The van der Waals surface area contributed by atoms with Crippen molar-refractivity contribution in [3.8, 4) is 0 Å². The van der Waals surface area contributed by atoms with Crippen molar-refractivity contribution in [2.45, 2.75) is 82.8 Å². The van der Waals surface area contributed by atoms with E-state index in [1.54, 1.807) is 20.8 Å². The Hall–Kier alpha value is -1.07. The topological polar surface area (TPSA) is 58.2 Å². The highest BCUT2D eigenvalue weighted by atomic mass is 32.2. The van der Waals surface area contributed by atoms with Crippen LogP contribution in [0, 0.1) is 0 Å². The zero-order valence-corrected chi connectivity index (χ0v) is 17.5. The molecule has 0 heterocycles. The Morgan fingerprint density at radius 1 is 0.923 bits per heavy atom. The Kier molecular flexibility index (Phi) is 7.96. The Bertz CT molecular complexity index is 627. The van der Waals surface area contributed by atoms with Crippen molar-refractivity contribution in [2.24, 2.45) is 0 Å². The van der Waals surface area contributed by atoms with Crippen LogP contribution < -0.4 is 10.0 Å². The summed E-state index contributed by atoms with van der Waals surface area (Å²) in [6.45, 7) is 6.61. The van der Waals surface area contributed by atoms with E-state index in [4.69, 9.17) is 0 Å². The van der Waals surface area contributed by atoms with E-state index >= 15 is 0 Å². The summed E-state index contributed by atoms with van der Waals surface area (Å²) >= 11 is 0. The highest BCUT2D eigenvalue weighted by molar-refractivity contribution is 7.90. The Morgan fingerprint density at radius 2 is 1.54 bits per heavy atom. The highest BCUT2D eigenvalue weighted by Crippen LogP contribution is 2.32. The lowest BCUT2D eigenvalue weighted by molar-refractivity contribution is 0.443. The van der Waals surface area contributed by atoms with Crippen LogP contribution in [0.2, 0.25) is 0 Å². The average molecular weight is 381 g/mol. The molecule has 0 amide bonds. The molecule has 2 rings (SSSR count). The molecule has 0 aromatic heterocycles. The van der Waals surface area contributed by atoms with Crippen LogP contribution in [0.1, 0.15) is 83.6 Å². The van der Waals surface area contributed by atoms with Crippen molar-refractivity contribution in [1.82, 2.24) is 4.72 Å². The number of unbranched alkanes of at least 4 members (excludes halogenated alkanes) is 2. The molecule has 0 bridgehead atoms. The molecule has 1 saturated carbocycles. The van der Waals surface area contributed by atoms with E-state index in [1.165, 1.54) is 43.4 Å². The number of sulfonamides is 1. The van der Waals surface area contributed by atoms with E-state index in [0.29, 0.717) is 6.54 Å². The van der Waals surface area contributed by atoms with Crippen LogP contribution >= 0.6 is 0 Å². The fourth-order valence-electron chi connectivity index (χ4n) is 3.39. The summed E-state index contributed by atoms with van der Waals surface area (Å²) in [6.07, 6.45) is 9.75. The van der Waals surface area contributed by atoms with Crippen molar-refractivity contribution in [3.63, 3.8) is 0 Å². The van der Waals surface area contributed by atoms with Crippen LogP contribution in [-0.2, 0) is 10.0 Å². The normalized spacial score (nSPS) is 16.6. The van der Waals surface area contributed by atoms with Crippen molar-refractivity contribution < 1.29 is 8.42 Å². The van der Waals surface area contributed by atoms with Crippen molar-refractivity contribution in [3.05, 3.63) is 29.8 Å². The standard InChI is InChI=1S/C21H36N2O2S/c1-21(2,3)26(24,25)23-17-9-5-8-16-22-20-14-12-19(13-15-20)18-10-6-4-7-11-18/h12-15,18,22-23H,4-11,16-17H2,1-3H3.